The summed E-state index contributed by atoms with van der Waals surface area (Å²) in [5.74, 6) is 0.842. The van der Waals surface area contributed by atoms with Gasteiger partial charge in [0.1, 0.15) is 5.76 Å². The molecule has 2 rings (SSSR count). The zero-order valence-electron chi connectivity index (χ0n) is 9.56. The summed E-state index contributed by atoms with van der Waals surface area (Å²) in [6, 6.07) is 6.12. The molecule has 0 aliphatic carbocycles. The molecule has 0 bridgehead atoms. The first-order chi connectivity index (χ1) is 7.69. The van der Waals surface area contributed by atoms with E-state index in [4.69, 9.17) is 4.42 Å². The minimum Gasteiger partial charge on any atom is -0.469 e. The Bertz CT molecular complexity index is 456. The summed E-state index contributed by atoms with van der Waals surface area (Å²) in [5, 5.41) is 10.0. The molecule has 0 aliphatic heterocycles. The monoisotopic (exact) mass is 236 g/mol. The number of hydrogen-bond donors (Lipinski definition) is 1. The molecule has 2 nitrogen and oxygen atoms in total. The average Bonchev–Trinajstić information content (AvgIpc) is 2.87. The lowest BCUT2D eigenvalue weighted by Gasteiger charge is -2.05. The molecule has 1 atom stereocenters. The van der Waals surface area contributed by atoms with E-state index in [-0.39, 0.29) is 0 Å². The number of furan rings is 1. The first-order valence-corrected chi connectivity index (χ1v) is 6.31. The Morgan fingerprint density at radius 1 is 1.38 bits per heavy atom. The van der Waals surface area contributed by atoms with Gasteiger partial charge in [-0.25, -0.2) is 0 Å². The number of aliphatic hydroxyl groups is 1. The van der Waals surface area contributed by atoms with Gasteiger partial charge in [0.15, 0.2) is 0 Å². The van der Waals surface area contributed by atoms with Crippen molar-refractivity contribution in [1.29, 1.82) is 0 Å². The summed E-state index contributed by atoms with van der Waals surface area (Å²) in [7, 11) is 0. The summed E-state index contributed by atoms with van der Waals surface area (Å²) >= 11 is 1.77. The third-order valence-corrected chi connectivity index (χ3v) is 3.85. The van der Waals surface area contributed by atoms with Crippen LogP contribution in [0.5, 0.6) is 0 Å². The van der Waals surface area contributed by atoms with Gasteiger partial charge in [-0.15, -0.1) is 11.3 Å². The Kier molecular flexibility index (Phi) is 3.46. The summed E-state index contributed by atoms with van der Waals surface area (Å²) in [6.45, 7) is 4.03. The van der Waals surface area contributed by atoms with Crippen molar-refractivity contribution in [3.8, 4) is 0 Å². The second-order valence-electron chi connectivity index (χ2n) is 3.93. The lowest BCUT2D eigenvalue weighted by atomic mass is 10.1. The molecule has 0 saturated heterocycles. The quantitative estimate of drug-likeness (QED) is 0.881. The highest BCUT2D eigenvalue weighted by Gasteiger charge is 2.12. The van der Waals surface area contributed by atoms with Crippen LogP contribution < -0.4 is 0 Å². The second kappa shape index (κ2) is 4.85. The van der Waals surface area contributed by atoms with E-state index in [9.17, 15) is 5.11 Å². The van der Waals surface area contributed by atoms with E-state index in [1.165, 1.54) is 9.75 Å². The third kappa shape index (κ3) is 2.54. The molecule has 0 spiro atoms. The van der Waals surface area contributed by atoms with E-state index < -0.39 is 6.10 Å². The first kappa shape index (κ1) is 11.4. The summed E-state index contributed by atoms with van der Waals surface area (Å²) in [4.78, 5) is 2.59. The van der Waals surface area contributed by atoms with E-state index in [0.29, 0.717) is 6.42 Å². The topological polar surface area (TPSA) is 33.4 Å². The fraction of sp³-hybridized carbons (Fsp3) is 0.385. The van der Waals surface area contributed by atoms with Gasteiger partial charge >= 0.3 is 0 Å². The molecule has 0 amide bonds. The van der Waals surface area contributed by atoms with Gasteiger partial charge in [0.2, 0.25) is 0 Å². The molecule has 2 aromatic heterocycles. The Labute approximate surface area is 99.5 Å². The summed E-state index contributed by atoms with van der Waals surface area (Å²) < 4.78 is 5.19. The lowest BCUT2D eigenvalue weighted by molar-refractivity contribution is 0.178. The Morgan fingerprint density at radius 2 is 2.12 bits per heavy atom. The Hall–Kier alpha value is -1.06. The highest BCUT2D eigenvalue weighted by molar-refractivity contribution is 7.11. The minimum absolute atomic E-state index is 0.458. The summed E-state index contributed by atoms with van der Waals surface area (Å²) in [6.07, 6.45) is 2.91. The predicted octanol–water partition coefficient (Wildman–Crippen LogP) is 3.49. The number of thiophene rings is 1. The van der Waals surface area contributed by atoms with Gasteiger partial charge in [-0.3, -0.25) is 0 Å². The molecule has 1 unspecified atom stereocenters. The average molecular weight is 236 g/mol. The third-order valence-electron chi connectivity index (χ3n) is 2.60. The first-order valence-electron chi connectivity index (χ1n) is 5.49. The molecule has 0 saturated carbocycles. The van der Waals surface area contributed by atoms with Crippen LogP contribution in [0.1, 0.15) is 34.1 Å². The van der Waals surface area contributed by atoms with Crippen molar-refractivity contribution < 1.29 is 9.52 Å². The fourth-order valence-electron chi connectivity index (χ4n) is 1.67. The lowest BCUT2D eigenvalue weighted by Crippen LogP contribution is -1.98. The van der Waals surface area contributed by atoms with Gasteiger partial charge < -0.3 is 9.52 Å². The largest absolute Gasteiger partial charge is 0.469 e. The van der Waals surface area contributed by atoms with Gasteiger partial charge in [-0.1, -0.05) is 6.92 Å². The zero-order chi connectivity index (χ0) is 11.5. The maximum absolute atomic E-state index is 10.0. The highest BCUT2D eigenvalue weighted by atomic mass is 32.1. The molecule has 0 aliphatic rings. The van der Waals surface area contributed by atoms with Crippen LogP contribution in [0.2, 0.25) is 0 Å². The molecule has 0 fully saturated rings. The van der Waals surface area contributed by atoms with Crippen molar-refractivity contribution in [3.05, 3.63) is 45.5 Å². The smallest absolute Gasteiger partial charge is 0.101 e. The molecule has 1 N–H and O–H groups in total. The molecular weight excluding hydrogens is 220 g/mol. The maximum atomic E-state index is 10.0. The van der Waals surface area contributed by atoms with Crippen molar-refractivity contribution in [1.82, 2.24) is 0 Å². The number of aliphatic hydroxyl groups excluding tert-OH is 1. The van der Waals surface area contributed by atoms with Crippen molar-refractivity contribution >= 4 is 11.3 Å². The van der Waals surface area contributed by atoms with E-state index in [2.05, 4.69) is 19.1 Å². The van der Waals surface area contributed by atoms with Crippen molar-refractivity contribution in [3.63, 3.8) is 0 Å². The predicted molar refractivity (Wildman–Crippen MR) is 65.8 cm³/mol. The van der Waals surface area contributed by atoms with Crippen LogP contribution in [0, 0.1) is 6.92 Å². The zero-order valence-corrected chi connectivity index (χ0v) is 10.4. The minimum atomic E-state index is -0.458. The second-order valence-corrected chi connectivity index (χ2v) is 5.19. The van der Waals surface area contributed by atoms with Crippen LogP contribution in [0.25, 0.3) is 0 Å². The number of rotatable bonds is 4. The molecule has 3 heteroatoms. The normalized spacial score (nSPS) is 12.9. The van der Waals surface area contributed by atoms with Crippen molar-refractivity contribution in [2.24, 2.45) is 0 Å². The van der Waals surface area contributed by atoms with Crippen molar-refractivity contribution in [2.75, 3.05) is 0 Å². The summed E-state index contributed by atoms with van der Waals surface area (Å²) in [5.41, 5.74) is 0.865. The molecule has 2 aromatic rings. The van der Waals surface area contributed by atoms with Gasteiger partial charge in [-0.05, 0) is 31.5 Å². The molecule has 0 aromatic carbocycles. The van der Waals surface area contributed by atoms with E-state index in [1.807, 2.05) is 13.0 Å². The van der Waals surface area contributed by atoms with Crippen LogP contribution in [0.4, 0.5) is 0 Å². The molecule has 86 valence electrons. The fourth-order valence-corrected chi connectivity index (χ4v) is 2.66. The van der Waals surface area contributed by atoms with Crippen LogP contribution in [0.15, 0.2) is 28.9 Å². The van der Waals surface area contributed by atoms with Crippen molar-refractivity contribution in [2.45, 2.75) is 32.8 Å². The maximum Gasteiger partial charge on any atom is 0.101 e. The molecule has 16 heavy (non-hydrogen) atoms. The van der Waals surface area contributed by atoms with Crippen LogP contribution in [-0.4, -0.2) is 5.11 Å². The van der Waals surface area contributed by atoms with Gasteiger partial charge in [0.25, 0.3) is 0 Å². The van der Waals surface area contributed by atoms with Gasteiger partial charge in [-0.2, -0.15) is 0 Å². The van der Waals surface area contributed by atoms with Gasteiger partial charge in [0, 0.05) is 21.7 Å². The van der Waals surface area contributed by atoms with Crippen LogP contribution in [0.3, 0.4) is 0 Å². The SMILES string of the molecule is CCc1ccc(CC(O)c2coc(C)c2)s1. The number of aryl methyl sites for hydroxylation is 2. The molecular formula is C13H16O2S. The van der Waals surface area contributed by atoms with Crippen LogP contribution >= 0.6 is 11.3 Å². The molecule has 2 heterocycles. The number of hydrogen-bond acceptors (Lipinski definition) is 3. The van der Waals surface area contributed by atoms with Gasteiger partial charge in [0.05, 0.1) is 12.4 Å². The van der Waals surface area contributed by atoms with E-state index in [1.54, 1.807) is 17.6 Å². The Morgan fingerprint density at radius 3 is 2.69 bits per heavy atom. The molecule has 0 radical (unpaired) electrons. The Balaban J connectivity index is 2.04. The standard InChI is InChI=1S/C13H16O2S/c1-3-11-4-5-12(16-11)7-13(14)10-6-9(2)15-8-10/h4-6,8,13-14H,3,7H2,1-2H3. The van der Waals surface area contributed by atoms with E-state index >= 15 is 0 Å². The highest BCUT2D eigenvalue weighted by Crippen LogP contribution is 2.25. The van der Waals surface area contributed by atoms with E-state index in [0.717, 1.165) is 17.7 Å². The van der Waals surface area contributed by atoms with Crippen LogP contribution in [-0.2, 0) is 12.8 Å².